The van der Waals surface area contributed by atoms with Gasteiger partial charge in [-0.2, -0.15) is 0 Å². The second-order valence-corrected chi connectivity index (χ2v) is 6.73. The Morgan fingerprint density at radius 1 is 1.09 bits per heavy atom. The molecule has 1 N–H and O–H groups in total. The highest BCUT2D eigenvalue weighted by Gasteiger charge is 2.22. The molecule has 120 valence electrons. The molecule has 2 heterocycles. The van der Waals surface area contributed by atoms with Crippen LogP contribution in [0.1, 0.15) is 41.6 Å². The Balaban J connectivity index is 1.47. The van der Waals surface area contributed by atoms with E-state index in [9.17, 15) is 4.79 Å². The van der Waals surface area contributed by atoms with Crippen molar-refractivity contribution in [2.24, 2.45) is 5.92 Å². The van der Waals surface area contributed by atoms with Gasteiger partial charge < -0.3 is 10.0 Å². The smallest absolute Gasteiger partial charge is 0.335 e. The minimum Gasteiger partial charge on any atom is -0.478 e. The lowest BCUT2D eigenvalue weighted by molar-refractivity contribution is 0.0696. The maximum atomic E-state index is 11.0. The number of hydrogen-bond acceptors (Lipinski definition) is 3. The van der Waals surface area contributed by atoms with Crippen LogP contribution < -0.4 is 0 Å². The first-order chi connectivity index (χ1) is 10.7. The summed E-state index contributed by atoms with van der Waals surface area (Å²) in [6, 6.07) is 7.34. The molecule has 0 bridgehead atoms. The molecule has 4 nitrogen and oxygen atoms in total. The summed E-state index contributed by atoms with van der Waals surface area (Å²) < 4.78 is 0. The standard InChI is InChI=1S/C18H26N2O2/c21-18(22)17-5-3-4-16(12-17)14-20-10-6-15(7-11-20)13-19-8-1-2-9-19/h3-5,12,15H,1-2,6-11,13-14H2,(H,21,22). The van der Waals surface area contributed by atoms with Crippen LogP contribution in [0.25, 0.3) is 0 Å². The highest BCUT2D eigenvalue weighted by atomic mass is 16.4. The zero-order valence-corrected chi connectivity index (χ0v) is 13.2. The van der Waals surface area contributed by atoms with E-state index >= 15 is 0 Å². The van der Waals surface area contributed by atoms with E-state index < -0.39 is 5.97 Å². The van der Waals surface area contributed by atoms with E-state index in [1.54, 1.807) is 12.1 Å². The Morgan fingerprint density at radius 2 is 1.82 bits per heavy atom. The summed E-state index contributed by atoms with van der Waals surface area (Å²) in [7, 11) is 0. The summed E-state index contributed by atoms with van der Waals surface area (Å²) in [5, 5.41) is 9.07. The fraction of sp³-hybridized carbons (Fsp3) is 0.611. The molecule has 2 aliphatic heterocycles. The minimum absolute atomic E-state index is 0.390. The van der Waals surface area contributed by atoms with E-state index in [2.05, 4.69) is 9.80 Å². The third-order valence-corrected chi connectivity index (χ3v) is 5.00. The number of benzene rings is 1. The zero-order chi connectivity index (χ0) is 15.4. The summed E-state index contributed by atoms with van der Waals surface area (Å²) in [4.78, 5) is 16.1. The summed E-state index contributed by atoms with van der Waals surface area (Å²) in [5.74, 6) is 0.00544. The van der Waals surface area contributed by atoms with Crippen LogP contribution in [-0.2, 0) is 6.54 Å². The topological polar surface area (TPSA) is 43.8 Å². The second kappa shape index (κ2) is 7.25. The van der Waals surface area contributed by atoms with E-state index in [0.29, 0.717) is 5.56 Å². The molecule has 2 saturated heterocycles. The summed E-state index contributed by atoms with van der Waals surface area (Å²) in [5.41, 5.74) is 1.50. The molecule has 0 atom stereocenters. The SMILES string of the molecule is O=C(O)c1cccc(CN2CCC(CN3CCCC3)CC2)c1. The molecule has 1 aromatic rings. The number of aromatic carboxylic acids is 1. The second-order valence-electron chi connectivity index (χ2n) is 6.73. The van der Waals surface area contributed by atoms with E-state index in [0.717, 1.165) is 31.1 Å². The molecule has 2 fully saturated rings. The molecule has 0 radical (unpaired) electrons. The van der Waals surface area contributed by atoms with Crippen molar-refractivity contribution in [3.05, 3.63) is 35.4 Å². The lowest BCUT2D eigenvalue weighted by Crippen LogP contribution is -2.37. The largest absolute Gasteiger partial charge is 0.478 e. The van der Waals surface area contributed by atoms with Gasteiger partial charge in [-0.05, 0) is 75.5 Å². The van der Waals surface area contributed by atoms with Gasteiger partial charge in [0.25, 0.3) is 0 Å². The number of piperidine rings is 1. The van der Waals surface area contributed by atoms with Crippen molar-refractivity contribution in [2.45, 2.75) is 32.2 Å². The van der Waals surface area contributed by atoms with Gasteiger partial charge in [0.1, 0.15) is 0 Å². The molecule has 0 spiro atoms. The average Bonchev–Trinajstić information content (AvgIpc) is 3.02. The van der Waals surface area contributed by atoms with Gasteiger partial charge in [0, 0.05) is 13.1 Å². The van der Waals surface area contributed by atoms with Gasteiger partial charge in [-0.1, -0.05) is 12.1 Å². The van der Waals surface area contributed by atoms with Gasteiger partial charge in [-0.25, -0.2) is 4.79 Å². The monoisotopic (exact) mass is 302 g/mol. The highest BCUT2D eigenvalue weighted by molar-refractivity contribution is 5.87. The van der Waals surface area contributed by atoms with Crippen LogP contribution in [0, 0.1) is 5.92 Å². The number of carboxylic acids is 1. The normalized spacial score (nSPS) is 21.3. The Labute approximate surface area is 132 Å². The Kier molecular flexibility index (Phi) is 5.11. The Bertz CT molecular complexity index is 504. The molecule has 0 aliphatic carbocycles. The Morgan fingerprint density at radius 3 is 2.50 bits per heavy atom. The lowest BCUT2D eigenvalue weighted by atomic mass is 9.96. The van der Waals surface area contributed by atoms with Crippen molar-refractivity contribution in [1.82, 2.24) is 9.80 Å². The number of nitrogens with zero attached hydrogens (tertiary/aromatic N) is 2. The van der Waals surface area contributed by atoms with E-state index in [-0.39, 0.29) is 0 Å². The zero-order valence-electron chi connectivity index (χ0n) is 13.2. The first-order valence-electron chi connectivity index (χ1n) is 8.47. The predicted molar refractivity (Wildman–Crippen MR) is 87.1 cm³/mol. The van der Waals surface area contributed by atoms with Crippen LogP contribution in [0.5, 0.6) is 0 Å². The molecule has 0 unspecified atom stereocenters. The number of rotatable bonds is 5. The van der Waals surface area contributed by atoms with E-state index in [4.69, 9.17) is 5.11 Å². The third-order valence-electron chi connectivity index (χ3n) is 5.00. The number of likely N-dealkylation sites (tertiary alicyclic amines) is 2. The van der Waals surface area contributed by atoms with Gasteiger partial charge >= 0.3 is 5.97 Å². The molecular weight excluding hydrogens is 276 g/mol. The summed E-state index contributed by atoms with van der Waals surface area (Å²) >= 11 is 0. The van der Waals surface area contributed by atoms with E-state index in [1.807, 2.05) is 12.1 Å². The molecule has 4 heteroatoms. The molecule has 3 rings (SSSR count). The maximum absolute atomic E-state index is 11.0. The van der Waals surface area contributed by atoms with Crippen molar-refractivity contribution < 1.29 is 9.90 Å². The number of carboxylic acid groups (broad SMARTS) is 1. The minimum atomic E-state index is -0.842. The van der Waals surface area contributed by atoms with Crippen LogP contribution >= 0.6 is 0 Å². The summed E-state index contributed by atoms with van der Waals surface area (Å²) in [6.07, 6.45) is 5.29. The lowest BCUT2D eigenvalue weighted by Gasteiger charge is -2.33. The van der Waals surface area contributed by atoms with E-state index in [1.165, 1.54) is 45.3 Å². The fourth-order valence-corrected chi connectivity index (χ4v) is 3.72. The van der Waals surface area contributed by atoms with Crippen LogP contribution in [0.4, 0.5) is 0 Å². The molecule has 22 heavy (non-hydrogen) atoms. The fourth-order valence-electron chi connectivity index (χ4n) is 3.72. The molecule has 0 saturated carbocycles. The quantitative estimate of drug-likeness (QED) is 0.908. The summed E-state index contributed by atoms with van der Waals surface area (Å²) in [6.45, 7) is 7.01. The molecule has 0 amide bonds. The van der Waals surface area contributed by atoms with Crippen molar-refractivity contribution in [1.29, 1.82) is 0 Å². The van der Waals surface area contributed by atoms with Gasteiger partial charge in [-0.3, -0.25) is 4.90 Å². The van der Waals surface area contributed by atoms with Gasteiger partial charge in [0.2, 0.25) is 0 Å². The van der Waals surface area contributed by atoms with Gasteiger partial charge in [0.05, 0.1) is 5.56 Å². The molecular formula is C18H26N2O2. The van der Waals surface area contributed by atoms with Crippen molar-refractivity contribution in [3.63, 3.8) is 0 Å². The van der Waals surface area contributed by atoms with Crippen molar-refractivity contribution >= 4 is 5.97 Å². The molecule has 0 aromatic heterocycles. The Hall–Kier alpha value is -1.39. The van der Waals surface area contributed by atoms with Gasteiger partial charge in [0.15, 0.2) is 0 Å². The predicted octanol–water partition coefficient (Wildman–Crippen LogP) is 2.69. The third kappa shape index (κ3) is 4.08. The van der Waals surface area contributed by atoms with Crippen LogP contribution in [-0.4, -0.2) is 53.6 Å². The maximum Gasteiger partial charge on any atom is 0.335 e. The van der Waals surface area contributed by atoms with Gasteiger partial charge in [-0.15, -0.1) is 0 Å². The number of hydrogen-bond donors (Lipinski definition) is 1. The van der Waals surface area contributed by atoms with Crippen LogP contribution in [0.3, 0.4) is 0 Å². The average molecular weight is 302 g/mol. The van der Waals surface area contributed by atoms with Crippen molar-refractivity contribution in [3.8, 4) is 0 Å². The highest BCUT2D eigenvalue weighted by Crippen LogP contribution is 2.22. The van der Waals surface area contributed by atoms with Crippen molar-refractivity contribution in [2.75, 3.05) is 32.7 Å². The van der Waals surface area contributed by atoms with Crippen LogP contribution in [0.2, 0.25) is 0 Å². The first-order valence-corrected chi connectivity index (χ1v) is 8.47. The van der Waals surface area contributed by atoms with Crippen LogP contribution in [0.15, 0.2) is 24.3 Å². The molecule has 2 aliphatic rings. The molecule has 1 aromatic carbocycles. The first kappa shape index (κ1) is 15.5. The number of carbonyl (C=O) groups is 1.